The molecular formula is C16H19ClF2N4O. The Morgan fingerprint density at radius 3 is 2.92 bits per heavy atom. The molecule has 2 heterocycles. The molecule has 3 rings (SSSR count). The Bertz CT molecular complexity index is 722. The normalized spacial score (nSPS) is 19.8. The Morgan fingerprint density at radius 1 is 1.42 bits per heavy atom. The third kappa shape index (κ3) is 3.91. The van der Waals surface area contributed by atoms with Gasteiger partial charge in [-0.3, -0.25) is 9.48 Å². The van der Waals surface area contributed by atoms with Gasteiger partial charge in [-0.1, -0.05) is 0 Å². The fourth-order valence-corrected chi connectivity index (χ4v) is 2.93. The molecule has 2 atom stereocenters. The van der Waals surface area contributed by atoms with Crippen molar-refractivity contribution >= 4 is 18.3 Å². The highest BCUT2D eigenvalue weighted by Gasteiger charge is 2.34. The summed E-state index contributed by atoms with van der Waals surface area (Å²) in [5, 5.41) is 10.0. The lowest BCUT2D eigenvalue weighted by atomic mass is 9.90. The quantitative estimate of drug-likeness (QED) is 0.877. The molecule has 1 amide bonds. The van der Waals surface area contributed by atoms with Crippen LogP contribution in [0.4, 0.5) is 8.78 Å². The zero-order chi connectivity index (χ0) is 16.4. The minimum absolute atomic E-state index is 0. The monoisotopic (exact) mass is 356 g/mol. The molecule has 2 N–H and O–H groups in total. The second-order valence-electron chi connectivity index (χ2n) is 5.77. The van der Waals surface area contributed by atoms with Crippen LogP contribution in [0.1, 0.15) is 17.0 Å². The second kappa shape index (κ2) is 7.72. The summed E-state index contributed by atoms with van der Waals surface area (Å²) in [6.45, 7) is 1.22. The first-order valence-electron chi connectivity index (χ1n) is 7.45. The molecule has 1 saturated heterocycles. The number of benzene rings is 1. The summed E-state index contributed by atoms with van der Waals surface area (Å²) in [6.07, 6.45) is 3.65. The molecule has 0 spiro atoms. The molecule has 2 aromatic rings. The molecular weight excluding hydrogens is 338 g/mol. The van der Waals surface area contributed by atoms with E-state index in [1.54, 1.807) is 10.9 Å². The summed E-state index contributed by atoms with van der Waals surface area (Å²) in [4.78, 5) is 12.4. The van der Waals surface area contributed by atoms with E-state index in [2.05, 4.69) is 15.7 Å². The molecule has 24 heavy (non-hydrogen) atoms. The number of hydrogen-bond acceptors (Lipinski definition) is 3. The van der Waals surface area contributed by atoms with Crippen LogP contribution in [0.5, 0.6) is 0 Å². The molecule has 0 radical (unpaired) electrons. The number of nitrogens with one attached hydrogen (secondary N) is 2. The Morgan fingerprint density at radius 2 is 2.21 bits per heavy atom. The van der Waals surface area contributed by atoms with Gasteiger partial charge >= 0.3 is 0 Å². The first kappa shape index (κ1) is 18.4. The molecule has 0 bridgehead atoms. The molecule has 0 saturated carbocycles. The summed E-state index contributed by atoms with van der Waals surface area (Å²) >= 11 is 0. The average molecular weight is 357 g/mol. The van der Waals surface area contributed by atoms with Crippen LogP contribution in [-0.4, -0.2) is 28.8 Å². The minimum Gasteiger partial charge on any atom is -0.352 e. The number of carbonyl (C=O) groups excluding carboxylic acids is 1. The van der Waals surface area contributed by atoms with E-state index in [0.29, 0.717) is 13.1 Å². The number of hydrogen-bond donors (Lipinski definition) is 2. The smallest absolute Gasteiger partial charge is 0.225 e. The maximum Gasteiger partial charge on any atom is 0.225 e. The van der Waals surface area contributed by atoms with Crippen LogP contribution in [0.25, 0.3) is 0 Å². The van der Waals surface area contributed by atoms with E-state index in [-0.39, 0.29) is 42.3 Å². The molecule has 1 aromatic heterocycles. The molecule has 0 unspecified atom stereocenters. The van der Waals surface area contributed by atoms with Gasteiger partial charge in [-0.05, 0) is 23.8 Å². The maximum atomic E-state index is 13.6. The van der Waals surface area contributed by atoms with E-state index in [0.717, 1.165) is 23.8 Å². The third-order valence-corrected chi connectivity index (χ3v) is 4.16. The predicted molar refractivity (Wildman–Crippen MR) is 87.8 cm³/mol. The van der Waals surface area contributed by atoms with Crippen molar-refractivity contribution in [2.45, 2.75) is 12.5 Å². The third-order valence-electron chi connectivity index (χ3n) is 4.16. The SMILES string of the molecule is Cl.Cn1cc([C@H]2CNC[C@@H]2C(=O)NCc2cc(F)ccc2F)cn1. The highest BCUT2D eigenvalue weighted by Crippen LogP contribution is 2.28. The van der Waals surface area contributed by atoms with Crippen molar-refractivity contribution in [3.8, 4) is 0 Å². The van der Waals surface area contributed by atoms with Crippen LogP contribution in [-0.2, 0) is 18.4 Å². The van der Waals surface area contributed by atoms with Crippen molar-refractivity contribution in [1.29, 1.82) is 0 Å². The fraction of sp³-hybridized carbons (Fsp3) is 0.375. The van der Waals surface area contributed by atoms with Crippen LogP contribution in [0.3, 0.4) is 0 Å². The zero-order valence-electron chi connectivity index (χ0n) is 13.1. The Hall–Kier alpha value is -1.99. The average Bonchev–Trinajstić information content (AvgIpc) is 3.16. The fourth-order valence-electron chi connectivity index (χ4n) is 2.93. The lowest BCUT2D eigenvalue weighted by Crippen LogP contribution is -2.34. The highest BCUT2D eigenvalue weighted by molar-refractivity contribution is 5.85. The molecule has 1 fully saturated rings. The molecule has 130 valence electrons. The molecule has 5 nitrogen and oxygen atoms in total. The van der Waals surface area contributed by atoms with Gasteiger partial charge in [0.15, 0.2) is 0 Å². The van der Waals surface area contributed by atoms with Crippen LogP contribution in [0.15, 0.2) is 30.6 Å². The van der Waals surface area contributed by atoms with E-state index in [1.807, 2.05) is 13.2 Å². The van der Waals surface area contributed by atoms with E-state index in [4.69, 9.17) is 0 Å². The largest absolute Gasteiger partial charge is 0.352 e. The summed E-state index contributed by atoms with van der Waals surface area (Å²) in [5.41, 5.74) is 1.14. The van der Waals surface area contributed by atoms with Crippen LogP contribution in [0.2, 0.25) is 0 Å². The molecule has 1 aliphatic rings. The van der Waals surface area contributed by atoms with Crippen molar-refractivity contribution in [2.24, 2.45) is 13.0 Å². The van der Waals surface area contributed by atoms with Crippen molar-refractivity contribution in [1.82, 2.24) is 20.4 Å². The van der Waals surface area contributed by atoms with E-state index in [1.165, 1.54) is 0 Å². The van der Waals surface area contributed by atoms with Gasteiger partial charge < -0.3 is 10.6 Å². The highest BCUT2D eigenvalue weighted by atomic mass is 35.5. The molecule has 1 aliphatic heterocycles. The van der Waals surface area contributed by atoms with Gasteiger partial charge in [0.05, 0.1) is 12.1 Å². The lowest BCUT2D eigenvalue weighted by molar-refractivity contribution is -0.125. The van der Waals surface area contributed by atoms with E-state index >= 15 is 0 Å². The van der Waals surface area contributed by atoms with Crippen LogP contribution >= 0.6 is 12.4 Å². The summed E-state index contributed by atoms with van der Waals surface area (Å²) < 4.78 is 28.5. The number of rotatable bonds is 4. The summed E-state index contributed by atoms with van der Waals surface area (Å²) in [6, 6.07) is 3.22. The summed E-state index contributed by atoms with van der Waals surface area (Å²) in [5.74, 6) is -1.45. The Labute approximate surface area is 144 Å². The van der Waals surface area contributed by atoms with Gasteiger partial charge in [-0.15, -0.1) is 12.4 Å². The van der Waals surface area contributed by atoms with Crippen molar-refractivity contribution in [3.63, 3.8) is 0 Å². The van der Waals surface area contributed by atoms with Crippen molar-refractivity contribution < 1.29 is 13.6 Å². The molecule has 8 heteroatoms. The number of aryl methyl sites for hydroxylation is 1. The predicted octanol–water partition coefficient (Wildman–Crippen LogP) is 1.74. The first-order chi connectivity index (χ1) is 11.0. The van der Waals surface area contributed by atoms with Gasteiger partial charge in [0, 0.05) is 44.4 Å². The van der Waals surface area contributed by atoms with E-state index < -0.39 is 11.6 Å². The number of carbonyl (C=O) groups is 1. The Balaban J connectivity index is 0.00000208. The number of amides is 1. The van der Waals surface area contributed by atoms with Crippen molar-refractivity contribution in [2.75, 3.05) is 13.1 Å². The van der Waals surface area contributed by atoms with Gasteiger partial charge in [0.2, 0.25) is 5.91 Å². The van der Waals surface area contributed by atoms with Crippen LogP contribution < -0.4 is 10.6 Å². The number of aromatic nitrogens is 2. The van der Waals surface area contributed by atoms with Gasteiger partial charge in [-0.2, -0.15) is 5.10 Å². The van der Waals surface area contributed by atoms with Gasteiger partial charge in [0.25, 0.3) is 0 Å². The second-order valence-corrected chi connectivity index (χ2v) is 5.77. The standard InChI is InChI=1S/C16H18F2N4O.ClH/c1-22-9-11(6-21-22)13-7-19-8-14(13)16(23)20-5-10-4-12(17)2-3-15(10)18;/h2-4,6,9,13-14,19H,5,7-8H2,1H3,(H,20,23);1H/t13-,14+;/m1./s1. The van der Waals surface area contributed by atoms with Gasteiger partial charge in [-0.25, -0.2) is 8.78 Å². The number of nitrogens with zero attached hydrogens (tertiary/aromatic N) is 2. The Kier molecular flexibility index (Phi) is 5.90. The van der Waals surface area contributed by atoms with Crippen molar-refractivity contribution in [3.05, 3.63) is 53.4 Å². The lowest BCUT2D eigenvalue weighted by Gasteiger charge is -2.17. The molecule has 1 aromatic carbocycles. The van der Waals surface area contributed by atoms with E-state index in [9.17, 15) is 13.6 Å². The minimum atomic E-state index is -0.528. The van der Waals surface area contributed by atoms with Crippen LogP contribution in [0, 0.1) is 17.6 Å². The van der Waals surface area contributed by atoms with Gasteiger partial charge in [0.1, 0.15) is 11.6 Å². The topological polar surface area (TPSA) is 59.0 Å². The maximum absolute atomic E-state index is 13.6. The zero-order valence-corrected chi connectivity index (χ0v) is 13.9. The summed E-state index contributed by atoms with van der Waals surface area (Å²) in [7, 11) is 1.83. The molecule has 0 aliphatic carbocycles. The number of halogens is 3. The first-order valence-corrected chi connectivity index (χ1v) is 7.45.